The maximum absolute atomic E-state index is 11.8. The van der Waals surface area contributed by atoms with Crippen LogP contribution in [0.3, 0.4) is 0 Å². The quantitative estimate of drug-likeness (QED) is 0.265. The topological polar surface area (TPSA) is 253 Å². The van der Waals surface area contributed by atoms with Crippen molar-refractivity contribution in [2.24, 2.45) is 0 Å². The van der Waals surface area contributed by atoms with E-state index in [1.54, 1.807) is 0 Å². The van der Waals surface area contributed by atoms with Crippen LogP contribution in [-0.4, -0.2) is 48.2 Å². The molecule has 0 aromatic carbocycles. The van der Waals surface area contributed by atoms with Crippen LogP contribution in [0.1, 0.15) is 12.6 Å². The number of phosphoric acid groups is 3. The predicted octanol–water partition coefficient (Wildman–Crippen LogP) is -1.81. The molecule has 0 saturated carbocycles. The standard InChI is InChI=1S/C9H16N3O13P3/c10-7-1-2-12(9(14)11-7)8-3-5(13)6(23-8)4-22-27(18,19)25-28(20,21)24-26(15,16)17/h1-2,5-6,8,13H,3-4H2,(H,18,19)(H,20,21)(H2,10,11,14)(H2,15,16,17)/p-1/t5-,6+,8+/m1/s1. The van der Waals surface area contributed by atoms with Gasteiger partial charge in [0.25, 0.3) is 7.82 Å². The highest BCUT2D eigenvalue weighted by molar-refractivity contribution is 7.66. The van der Waals surface area contributed by atoms with Gasteiger partial charge in [-0.25, -0.2) is 18.2 Å². The molecule has 6 atom stereocenters. The Hall–Kier alpha value is -0.990. The second-order valence-electron chi connectivity index (χ2n) is 5.34. The monoisotopic (exact) mass is 466 g/mol. The van der Waals surface area contributed by atoms with Gasteiger partial charge in [-0.2, -0.15) is 9.29 Å². The van der Waals surface area contributed by atoms with Gasteiger partial charge in [0.15, 0.2) is 0 Å². The van der Waals surface area contributed by atoms with E-state index in [2.05, 4.69) is 18.1 Å². The third-order valence-corrected chi connectivity index (χ3v) is 6.96. The summed E-state index contributed by atoms with van der Waals surface area (Å²) in [5, 5.41) is 9.93. The van der Waals surface area contributed by atoms with Crippen molar-refractivity contribution in [3.63, 3.8) is 0 Å². The number of hydrogen-bond acceptors (Lipinski definition) is 12. The molecule has 19 heteroatoms. The number of aromatic nitrogens is 2. The highest BCUT2D eigenvalue weighted by Crippen LogP contribution is 2.65. The van der Waals surface area contributed by atoms with E-state index in [-0.39, 0.29) is 12.2 Å². The maximum atomic E-state index is 11.8. The van der Waals surface area contributed by atoms with Crippen LogP contribution in [0, 0.1) is 0 Å². The molecule has 16 nitrogen and oxygen atoms in total. The highest BCUT2D eigenvalue weighted by Gasteiger charge is 2.41. The first-order valence-electron chi connectivity index (χ1n) is 7.12. The van der Waals surface area contributed by atoms with Crippen LogP contribution in [0.4, 0.5) is 5.82 Å². The summed E-state index contributed by atoms with van der Waals surface area (Å²) in [6, 6.07) is 1.30. The van der Waals surface area contributed by atoms with Gasteiger partial charge in [-0.05, 0) is 6.07 Å². The summed E-state index contributed by atoms with van der Waals surface area (Å²) in [6.07, 6.45) is -2.47. The van der Waals surface area contributed by atoms with Gasteiger partial charge in [0.1, 0.15) is 18.1 Å². The van der Waals surface area contributed by atoms with Crippen molar-refractivity contribution >= 4 is 29.3 Å². The van der Waals surface area contributed by atoms with Crippen LogP contribution in [0.15, 0.2) is 17.1 Å². The van der Waals surface area contributed by atoms with Crippen molar-refractivity contribution in [2.75, 3.05) is 12.3 Å². The van der Waals surface area contributed by atoms with Gasteiger partial charge < -0.3 is 35.2 Å². The molecule has 1 fully saturated rings. The Labute approximate surface area is 155 Å². The average molecular weight is 466 g/mol. The molecule has 2 rings (SSSR count). The number of ether oxygens (including phenoxy) is 1. The SMILES string of the molecule is Nc1ccn([C@@H]2C[C@@H](O)[C@H](COP(=O)(O)OP(=O)(O)OP(=O)([O-])O)O2)c(=O)n1. The Bertz CT molecular complexity index is 914. The molecule has 0 spiro atoms. The first-order valence-corrected chi connectivity index (χ1v) is 11.6. The van der Waals surface area contributed by atoms with Gasteiger partial charge in [-0.3, -0.25) is 13.7 Å². The van der Waals surface area contributed by atoms with Crippen molar-refractivity contribution in [3.8, 4) is 0 Å². The van der Waals surface area contributed by atoms with E-state index in [4.69, 9.17) is 20.3 Å². The molecule has 160 valence electrons. The molecule has 0 aliphatic carbocycles. The molecule has 1 aromatic heterocycles. The fraction of sp³-hybridized carbons (Fsp3) is 0.556. The smallest absolute Gasteiger partial charge is 0.487 e. The molecule has 2 heterocycles. The molecule has 0 bridgehead atoms. The van der Waals surface area contributed by atoms with Gasteiger partial charge in [-0.15, -0.1) is 0 Å². The van der Waals surface area contributed by atoms with E-state index in [1.807, 2.05) is 0 Å². The van der Waals surface area contributed by atoms with Gasteiger partial charge in [0.05, 0.1) is 12.7 Å². The van der Waals surface area contributed by atoms with Crippen LogP contribution in [0.2, 0.25) is 0 Å². The lowest BCUT2D eigenvalue weighted by molar-refractivity contribution is -0.212. The number of anilines is 1. The van der Waals surface area contributed by atoms with E-state index in [1.165, 1.54) is 12.3 Å². The molecule has 0 radical (unpaired) electrons. The van der Waals surface area contributed by atoms with Crippen molar-refractivity contribution in [1.82, 2.24) is 9.55 Å². The molecular formula is C9H15N3O13P3-. The van der Waals surface area contributed by atoms with Gasteiger partial charge in [0.2, 0.25) is 0 Å². The van der Waals surface area contributed by atoms with Crippen molar-refractivity contribution in [1.29, 1.82) is 0 Å². The van der Waals surface area contributed by atoms with Crippen molar-refractivity contribution < 1.29 is 56.3 Å². The Morgan fingerprint density at radius 3 is 2.50 bits per heavy atom. The minimum atomic E-state index is -5.76. The van der Waals surface area contributed by atoms with Gasteiger partial charge in [0, 0.05) is 12.6 Å². The number of aliphatic hydroxyl groups excluding tert-OH is 1. The van der Waals surface area contributed by atoms with Gasteiger partial charge >= 0.3 is 21.3 Å². The zero-order chi connectivity index (χ0) is 21.3. The highest BCUT2D eigenvalue weighted by atomic mass is 31.3. The van der Waals surface area contributed by atoms with Crippen molar-refractivity contribution in [3.05, 3.63) is 22.7 Å². The Morgan fingerprint density at radius 1 is 1.29 bits per heavy atom. The summed E-state index contributed by atoms with van der Waals surface area (Å²) >= 11 is 0. The number of nitrogens with zero attached hydrogens (tertiary/aromatic N) is 2. The Balaban J connectivity index is 1.98. The maximum Gasteiger partial charge on any atom is 0.487 e. The van der Waals surface area contributed by atoms with Gasteiger partial charge in [-0.1, -0.05) is 0 Å². The second-order valence-corrected chi connectivity index (χ2v) is 9.72. The molecule has 3 unspecified atom stereocenters. The average Bonchev–Trinajstić information content (AvgIpc) is 2.82. The largest absolute Gasteiger partial charge is 0.756 e. The van der Waals surface area contributed by atoms with E-state index < -0.39 is 54.2 Å². The molecule has 6 N–H and O–H groups in total. The van der Waals surface area contributed by atoms with Crippen LogP contribution >= 0.6 is 23.5 Å². The Morgan fingerprint density at radius 2 is 1.93 bits per heavy atom. The summed E-state index contributed by atoms with van der Waals surface area (Å²) in [4.78, 5) is 52.3. The normalized spacial score (nSPS) is 29.0. The fourth-order valence-corrected chi connectivity index (χ4v) is 5.15. The van der Waals surface area contributed by atoms with Crippen LogP contribution in [0.25, 0.3) is 0 Å². The second kappa shape index (κ2) is 8.40. The third kappa shape index (κ3) is 6.81. The Kier molecular flexibility index (Phi) is 6.99. The summed E-state index contributed by atoms with van der Waals surface area (Å²) in [6.45, 7) is -0.864. The van der Waals surface area contributed by atoms with E-state index in [0.29, 0.717) is 0 Å². The summed E-state index contributed by atoms with van der Waals surface area (Å²) < 4.78 is 50.9. The van der Waals surface area contributed by atoms with E-state index in [0.717, 1.165) is 4.57 Å². The number of hydrogen-bond donors (Lipinski definition) is 5. The van der Waals surface area contributed by atoms with E-state index >= 15 is 0 Å². The number of nitrogens with two attached hydrogens (primary N) is 1. The molecule has 1 aliphatic heterocycles. The molecule has 28 heavy (non-hydrogen) atoms. The molecule has 1 aliphatic rings. The zero-order valence-electron chi connectivity index (χ0n) is 13.6. The van der Waals surface area contributed by atoms with Crippen LogP contribution in [0.5, 0.6) is 0 Å². The lowest BCUT2D eigenvalue weighted by Gasteiger charge is -2.21. The summed E-state index contributed by atoms with van der Waals surface area (Å²) in [7, 11) is -16.9. The molecule has 0 amide bonds. The minimum absolute atomic E-state index is 0.0424. The molecule has 1 saturated heterocycles. The third-order valence-electron chi connectivity index (χ3n) is 3.18. The lowest BCUT2D eigenvalue weighted by atomic mass is 10.2. The first kappa shape index (κ1) is 23.3. The van der Waals surface area contributed by atoms with Crippen LogP contribution in [-0.2, 0) is 31.6 Å². The predicted molar refractivity (Wildman–Crippen MR) is 85.0 cm³/mol. The number of aliphatic hydroxyl groups is 1. The minimum Gasteiger partial charge on any atom is -0.756 e. The van der Waals surface area contributed by atoms with Crippen molar-refractivity contribution in [2.45, 2.75) is 24.9 Å². The number of phosphoric ester groups is 1. The van der Waals surface area contributed by atoms with Crippen LogP contribution < -0.4 is 16.3 Å². The molecular weight excluding hydrogens is 451 g/mol. The number of nitrogen functional groups attached to an aromatic ring is 1. The summed E-state index contributed by atoms with van der Waals surface area (Å²) in [5.41, 5.74) is 4.57. The number of rotatable bonds is 8. The van der Waals surface area contributed by atoms with E-state index in [9.17, 15) is 33.4 Å². The summed E-state index contributed by atoms with van der Waals surface area (Å²) in [5.74, 6) is -0.0424. The molecule has 1 aromatic rings. The first-order chi connectivity index (χ1) is 12.7. The zero-order valence-corrected chi connectivity index (χ0v) is 16.3. The fourth-order valence-electron chi connectivity index (χ4n) is 2.15. The lowest BCUT2D eigenvalue weighted by Crippen LogP contribution is -2.28.